The molecule has 1 N–H and O–H groups in total. The van der Waals surface area contributed by atoms with E-state index in [1.165, 1.54) is 16.7 Å². The highest BCUT2D eigenvalue weighted by molar-refractivity contribution is 6.32. The van der Waals surface area contributed by atoms with E-state index < -0.39 is 0 Å². The average molecular weight is 290 g/mol. The fraction of sp³-hybridized carbons (Fsp3) is 0.294. The third-order valence-corrected chi connectivity index (χ3v) is 3.52. The molecule has 0 aliphatic carbocycles. The number of nitrogens with one attached hydrogen (secondary N) is 1. The minimum absolute atomic E-state index is 0.541. The molecule has 0 heterocycles. The van der Waals surface area contributed by atoms with Crippen LogP contribution in [0.3, 0.4) is 0 Å². The Morgan fingerprint density at radius 3 is 2.65 bits per heavy atom. The van der Waals surface area contributed by atoms with Crippen LogP contribution < -0.4 is 10.1 Å². The van der Waals surface area contributed by atoms with Crippen LogP contribution in [0.4, 0.5) is 0 Å². The van der Waals surface area contributed by atoms with Gasteiger partial charge in [0.1, 0.15) is 12.4 Å². The molecule has 0 saturated heterocycles. The van der Waals surface area contributed by atoms with Gasteiger partial charge in [0.25, 0.3) is 0 Å². The Morgan fingerprint density at radius 1 is 1.15 bits per heavy atom. The molecular formula is C17H20ClNO. The fourth-order valence-electron chi connectivity index (χ4n) is 1.97. The topological polar surface area (TPSA) is 21.3 Å². The quantitative estimate of drug-likeness (QED) is 0.854. The molecule has 106 valence electrons. The Hall–Kier alpha value is -1.51. The Labute approximate surface area is 125 Å². The van der Waals surface area contributed by atoms with Crippen molar-refractivity contribution in [3.63, 3.8) is 0 Å². The van der Waals surface area contributed by atoms with E-state index >= 15 is 0 Å². The number of hydrogen-bond acceptors (Lipinski definition) is 2. The molecule has 0 aliphatic heterocycles. The normalized spacial score (nSPS) is 10.6. The van der Waals surface area contributed by atoms with Gasteiger partial charge in [0.15, 0.2) is 0 Å². The molecule has 0 aromatic heterocycles. The molecule has 2 aromatic rings. The van der Waals surface area contributed by atoms with Crippen LogP contribution in [-0.2, 0) is 13.2 Å². The predicted octanol–water partition coefficient (Wildman–Crippen LogP) is 4.34. The SMILES string of the molecule is CCNCc1ccc(OCc2ccccc2C)c(Cl)c1. The van der Waals surface area contributed by atoms with E-state index in [2.05, 4.69) is 31.3 Å². The average Bonchev–Trinajstić information content (AvgIpc) is 2.45. The van der Waals surface area contributed by atoms with Gasteiger partial charge in [-0.25, -0.2) is 0 Å². The lowest BCUT2D eigenvalue weighted by Crippen LogP contribution is -2.11. The maximum absolute atomic E-state index is 6.26. The molecule has 0 aliphatic rings. The van der Waals surface area contributed by atoms with Gasteiger partial charge in [0.2, 0.25) is 0 Å². The Kier molecular flexibility index (Phi) is 5.45. The third kappa shape index (κ3) is 3.99. The molecule has 0 fully saturated rings. The van der Waals surface area contributed by atoms with Crippen molar-refractivity contribution >= 4 is 11.6 Å². The van der Waals surface area contributed by atoms with Crippen LogP contribution in [0.1, 0.15) is 23.6 Å². The van der Waals surface area contributed by atoms with Crippen molar-refractivity contribution in [1.29, 1.82) is 0 Å². The van der Waals surface area contributed by atoms with Crippen LogP contribution in [0, 0.1) is 6.92 Å². The Morgan fingerprint density at radius 2 is 1.95 bits per heavy atom. The monoisotopic (exact) mass is 289 g/mol. The summed E-state index contributed by atoms with van der Waals surface area (Å²) in [6, 6.07) is 14.1. The second-order valence-electron chi connectivity index (χ2n) is 4.76. The lowest BCUT2D eigenvalue weighted by atomic mass is 10.1. The van der Waals surface area contributed by atoms with Crippen molar-refractivity contribution < 1.29 is 4.74 Å². The van der Waals surface area contributed by atoms with Crippen LogP contribution in [0.15, 0.2) is 42.5 Å². The van der Waals surface area contributed by atoms with E-state index in [1.807, 2.05) is 30.3 Å². The number of benzene rings is 2. The summed E-state index contributed by atoms with van der Waals surface area (Å²) in [6.45, 7) is 6.48. The summed E-state index contributed by atoms with van der Waals surface area (Å²) < 4.78 is 5.81. The van der Waals surface area contributed by atoms with Crippen LogP contribution in [-0.4, -0.2) is 6.54 Å². The molecule has 0 unspecified atom stereocenters. The van der Waals surface area contributed by atoms with Crippen LogP contribution in [0.2, 0.25) is 5.02 Å². The fourth-order valence-corrected chi connectivity index (χ4v) is 2.23. The lowest BCUT2D eigenvalue weighted by molar-refractivity contribution is 0.305. The molecule has 2 nitrogen and oxygen atoms in total. The summed E-state index contributed by atoms with van der Waals surface area (Å²) in [5, 5.41) is 3.94. The van der Waals surface area contributed by atoms with Crippen molar-refractivity contribution in [2.24, 2.45) is 0 Å². The predicted molar refractivity (Wildman–Crippen MR) is 84.3 cm³/mol. The smallest absolute Gasteiger partial charge is 0.138 e. The highest BCUT2D eigenvalue weighted by atomic mass is 35.5. The zero-order chi connectivity index (χ0) is 14.4. The van der Waals surface area contributed by atoms with Crippen molar-refractivity contribution in [2.75, 3.05) is 6.54 Å². The van der Waals surface area contributed by atoms with Crippen molar-refractivity contribution in [3.05, 3.63) is 64.2 Å². The van der Waals surface area contributed by atoms with Gasteiger partial charge in [-0.15, -0.1) is 0 Å². The first-order valence-corrected chi connectivity index (χ1v) is 7.25. The first-order valence-electron chi connectivity index (χ1n) is 6.87. The van der Waals surface area contributed by atoms with Gasteiger partial charge in [-0.2, -0.15) is 0 Å². The molecule has 20 heavy (non-hydrogen) atoms. The maximum Gasteiger partial charge on any atom is 0.138 e. The largest absolute Gasteiger partial charge is 0.487 e. The van der Waals surface area contributed by atoms with Gasteiger partial charge in [-0.3, -0.25) is 0 Å². The standard InChI is InChI=1S/C17H20ClNO/c1-3-19-11-14-8-9-17(16(18)10-14)20-12-15-7-5-4-6-13(15)2/h4-10,19H,3,11-12H2,1-2H3. The van der Waals surface area contributed by atoms with E-state index in [-0.39, 0.29) is 0 Å². The Balaban J connectivity index is 2.01. The summed E-state index contributed by atoms with van der Waals surface area (Å²) in [5.74, 6) is 0.732. The van der Waals surface area contributed by atoms with Gasteiger partial charge in [-0.05, 0) is 42.3 Å². The first-order chi connectivity index (χ1) is 9.70. The van der Waals surface area contributed by atoms with E-state index in [0.717, 1.165) is 18.8 Å². The van der Waals surface area contributed by atoms with Crippen LogP contribution >= 0.6 is 11.6 Å². The summed E-state index contributed by atoms with van der Waals surface area (Å²) in [7, 11) is 0. The summed E-state index contributed by atoms with van der Waals surface area (Å²) >= 11 is 6.26. The summed E-state index contributed by atoms with van der Waals surface area (Å²) in [5.41, 5.74) is 3.58. The number of hydrogen-bond donors (Lipinski definition) is 1. The second-order valence-corrected chi connectivity index (χ2v) is 5.17. The van der Waals surface area contributed by atoms with Crippen molar-refractivity contribution in [1.82, 2.24) is 5.32 Å². The van der Waals surface area contributed by atoms with E-state index in [9.17, 15) is 0 Å². The molecule has 0 spiro atoms. The van der Waals surface area contributed by atoms with Crippen molar-refractivity contribution in [3.8, 4) is 5.75 Å². The third-order valence-electron chi connectivity index (χ3n) is 3.22. The van der Waals surface area contributed by atoms with Gasteiger partial charge < -0.3 is 10.1 Å². The molecule has 3 heteroatoms. The summed E-state index contributed by atoms with van der Waals surface area (Å²) in [6.07, 6.45) is 0. The molecule has 0 atom stereocenters. The molecule has 0 radical (unpaired) electrons. The summed E-state index contributed by atoms with van der Waals surface area (Å²) in [4.78, 5) is 0. The van der Waals surface area contributed by atoms with Gasteiger partial charge in [0, 0.05) is 6.54 Å². The van der Waals surface area contributed by atoms with Crippen LogP contribution in [0.25, 0.3) is 0 Å². The number of halogens is 1. The van der Waals surface area contributed by atoms with E-state index in [1.54, 1.807) is 0 Å². The molecule has 2 aromatic carbocycles. The van der Waals surface area contributed by atoms with Gasteiger partial charge >= 0.3 is 0 Å². The number of ether oxygens (including phenoxy) is 1. The molecule has 0 saturated carbocycles. The van der Waals surface area contributed by atoms with E-state index in [0.29, 0.717) is 11.6 Å². The maximum atomic E-state index is 6.26. The minimum atomic E-state index is 0.541. The van der Waals surface area contributed by atoms with Crippen molar-refractivity contribution in [2.45, 2.75) is 27.0 Å². The zero-order valence-corrected chi connectivity index (χ0v) is 12.7. The zero-order valence-electron chi connectivity index (χ0n) is 11.9. The number of aryl methyl sites for hydroxylation is 1. The highest BCUT2D eigenvalue weighted by Crippen LogP contribution is 2.26. The molecule has 0 amide bonds. The van der Waals surface area contributed by atoms with Gasteiger partial charge in [0.05, 0.1) is 5.02 Å². The molecule has 2 rings (SSSR count). The number of rotatable bonds is 6. The first kappa shape index (κ1) is 14.9. The Bertz CT molecular complexity index is 569. The molecule has 0 bridgehead atoms. The van der Waals surface area contributed by atoms with E-state index in [4.69, 9.17) is 16.3 Å². The minimum Gasteiger partial charge on any atom is -0.487 e. The molecular weight excluding hydrogens is 270 g/mol. The second kappa shape index (κ2) is 7.32. The highest BCUT2D eigenvalue weighted by Gasteiger charge is 2.04. The van der Waals surface area contributed by atoms with Gasteiger partial charge in [-0.1, -0.05) is 48.9 Å². The lowest BCUT2D eigenvalue weighted by Gasteiger charge is -2.11. The van der Waals surface area contributed by atoms with Crippen LogP contribution in [0.5, 0.6) is 5.75 Å².